The van der Waals surface area contributed by atoms with Gasteiger partial charge in [-0.05, 0) is 11.6 Å². The molecule has 1 amide bonds. The van der Waals surface area contributed by atoms with Crippen molar-refractivity contribution in [1.82, 2.24) is 9.88 Å². The Labute approximate surface area is 85.4 Å². The van der Waals surface area contributed by atoms with Crippen molar-refractivity contribution in [3.8, 4) is 0 Å². The first kappa shape index (κ1) is 9.88. The summed E-state index contributed by atoms with van der Waals surface area (Å²) < 4.78 is 0. The number of hydrogen-bond acceptors (Lipinski definition) is 4. The third kappa shape index (κ3) is 1.53. The van der Waals surface area contributed by atoms with E-state index in [1.807, 2.05) is 0 Å². The zero-order valence-electron chi connectivity index (χ0n) is 7.79. The molecule has 15 heavy (non-hydrogen) atoms. The summed E-state index contributed by atoms with van der Waals surface area (Å²) in [5.74, 6) is 0. The molecule has 2 rings (SSSR count). The van der Waals surface area contributed by atoms with E-state index in [-0.39, 0.29) is 13.2 Å². The summed E-state index contributed by atoms with van der Waals surface area (Å²) in [6, 6.07) is 3.27. The molecular weight excluding hydrogens is 200 g/mol. The van der Waals surface area contributed by atoms with Crippen LogP contribution in [-0.4, -0.2) is 31.3 Å². The van der Waals surface area contributed by atoms with Gasteiger partial charge in [-0.15, -0.1) is 0 Å². The van der Waals surface area contributed by atoms with Gasteiger partial charge < -0.3 is 15.3 Å². The molecular formula is C9H10N2O4. The third-order valence-corrected chi connectivity index (χ3v) is 2.36. The number of pyridine rings is 1. The molecule has 0 aromatic carbocycles. The van der Waals surface area contributed by atoms with E-state index in [2.05, 4.69) is 4.98 Å². The third-order valence-electron chi connectivity index (χ3n) is 2.36. The number of aliphatic hydroxyl groups is 2. The Morgan fingerprint density at radius 1 is 1.60 bits per heavy atom. The van der Waals surface area contributed by atoms with Gasteiger partial charge >= 0.3 is 6.09 Å². The number of rotatable bonds is 1. The molecule has 3 N–H and O–H groups in total. The van der Waals surface area contributed by atoms with E-state index >= 15 is 0 Å². The van der Waals surface area contributed by atoms with Gasteiger partial charge in [-0.1, -0.05) is 6.07 Å². The molecule has 0 saturated heterocycles. The molecule has 1 atom stereocenters. The number of aromatic nitrogens is 1. The van der Waals surface area contributed by atoms with Gasteiger partial charge in [0.2, 0.25) is 0 Å². The molecule has 0 fully saturated rings. The first-order valence-electron chi connectivity index (χ1n) is 4.40. The summed E-state index contributed by atoms with van der Waals surface area (Å²) in [5, 5.41) is 27.3. The van der Waals surface area contributed by atoms with Crippen LogP contribution in [0.5, 0.6) is 0 Å². The molecule has 0 saturated carbocycles. The molecule has 80 valence electrons. The van der Waals surface area contributed by atoms with E-state index in [1.54, 1.807) is 12.1 Å². The summed E-state index contributed by atoms with van der Waals surface area (Å²) in [4.78, 5) is 15.6. The highest BCUT2D eigenvalue weighted by molar-refractivity contribution is 5.66. The van der Waals surface area contributed by atoms with Gasteiger partial charge in [-0.3, -0.25) is 9.88 Å². The monoisotopic (exact) mass is 210 g/mol. The Morgan fingerprint density at radius 3 is 2.93 bits per heavy atom. The molecule has 6 heteroatoms. The maximum absolute atomic E-state index is 10.7. The Hall–Kier alpha value is -1.66. The SMILES string of the molecule is O=C(O)N1Cc2ccc(CO)nc2C1O. The lowest BCUT2D eigenvalue weighted by molar-refractivity contribution is 0.0186. The second-order valence-corrected chi connectivity index (χ2v) is 3.29. The minimum Gasteiger partial charge on any atom is -0.465 e. The minimum absolute atomic E-state index is 0.130. The molecule has 0 bridgehead atoms. The van der Waals surface area contributed by atoms with Crippen molar-refractivity contribution in [3.63, 3.8) is 0 Å². The predicted octanol–water partition coefficient (Wildman–Crippen LogP) is 0.0584. The van der Waals surface area contributed by atoms with Gasteiger partial charge in [0, 0.05) is 0 Å². The van der Waals surface area contributed by atoms with Crippen LogP contribution >= 0.6 is 0 Å². The Balaban J connectivity index is 2.37. The van der Waals surface area contributed by atoms with Crippen molar-refractivity contribution in [2.45, 2.75) is 19.4 Å². The van der Waals surface area contributed by atoms with Crippen LogP contribution in [0.1, 0.15) is 23.2 Å². The van der Waals surface area contributed by atoms with E-state index in [0.29, 0.717) is 17.0 Å². The van der Waals surface area contributed by atoms with Crippen LogP contribution in [0.3, 0.4) is 0 Å². The highest BCUT2D eigenvalue weighted by Crippen LogP contribution is 2.30. The van der Waals surface area contributed by atoms with E-state index in [9.17, 15) is 9.90 Å². The molecule has 0 spiro atoms. The van der Waals surface area contributed by atoms with Gasteiger partial charge in [0.1, 0.15) is 0 Å². The average molecular weight is 210 g/mol. The van der Waals surface area contributed by atoms with Crippen LogP contribution in [0.15, 0.2) is 12.1 Å². The van der Waals surface area contributed by atoms with Crippen molar-refractivity contribution < 1.29 is 20.1 Å². The fourth-order valence-electron chi connectivity index (χ4n) is 1.58. The molecule has 1 aromatic rings. The minimum atomic E-state index is -1.23. The maximum Gasteiger partial charge on any atom is 0.409 e. The van der Waals surface area contributed by atoms with Crippen molar-refractivity contribution in [2.24, 2.45) is 0 Å². The zero-order valence-corrected chi connectivity index (χ0v) is 7.79. The van der Waals surface area contributed by atoms with Crippen LogP contribution in [-0.2, 0) is 13.2 Å². The van der Waals surface area contributed by atoms with Crippen LogP contribution in [0, 0.1) is 0 Å². The number of aliphatic hydroxyl groups excluding tert-OH is 2. The molecule has 1 aliphatic rings. The first-order valence-corrected chi connectivity index (χ1v) is 4.40. The number of nitrogens with zero attached hydrogens (tertiary/aromatic N) is 2. The van der Waals surface area contributed by atoms with Gasteiger partial charge in [-0.2, -0.15) is 0 Å². The standard InChI is InChI=1S/C9H10N2O4/c12-4-6-2-1-5-3-11(9(14)15)8(13)7(5)10-6/h1-2,8,12-13H,3-4H2,(H,14,15). The van der Waals surface area contributed by atoms with Crippen molar-refractivity contribution in [2.75, 3.05) is 0 Å². The number of carboxylic acid groups (broad SMARTS) is 1. The number of amides is 1. The van der Waals surface area contributed by atoms with Crippen molar-refractivity contribution >= 4 is 6.09 Å². The average Bonchev–Trinajstić information content (AvgIpc) is 2.56. The van der Waals surface area contributed by atoms with Gasteiger partial charge in [0.25, 0.3) is 0 Å². The summed E-state index contributed by atoms with van der Waals surface area (Å²) >= 11 is 0. The normalized spacial score (nSPS) is 19.1. The highest BCUT2D eigenvalue weighted by atomic mass is 16.4. The number of hydrogen-bond donors (Lipinski definition) is 3. The fraction of sp³-hybridized carbons (Fsp3) is 0.333. The lowest BCUT2D eigenvalue weighted by Gasteiger charge is -2.15. The van der Waals surface area contributed by atoms with Crippen LogP contribution in [0.25, 0.3) is 0 Å². The second-order valence-electron chi connectivity index (χ2n) is 3.29. The summed E-state index contributed by atoms with van der Waals surface area (Å²) in [6.45, 7) is -0.0996. The molecule has 6 nitrogen and oxygen atoms in total. The summed E-state index contributed by atoms with van der Waals surface area (Å²) in [7, 11) is 0. The highest BCUT2D eigenvalue weighted by Gasteiger charge is 2.33. The lowest BCUT2D eigenvalue weighted by atomic mass is 10.2. The topological polar surface area (TPSA) is 93.9 Å². The zero-order chi connectivity index (χ0) is 11.0. The molecule has 0 aliphatic carbocycles. The second kappa shape index (κ2) is 3.48. The van der Waals surface area contributed by atoms with Crippen molar-refractivity contribution in [3.05, 3.63) is 29.1 Å². The Morgan fingerprint density at radius 2 is 2.33 bits per heavy atom. The quantitative estimate of drug-likeness (QED) is 0.609. The van der Waals surface area contributed by atoms with Crippen LogP contribution < -0.4 is 0 Å². The van der Waals surface area contributed by atoms with E-state index in [1.165, 1.54) is 0 Å². The van der Waals surface area contributed by atoms with Crippen LogP contribution in [0.4, 0.5) is 4.79 Å². The smallest absolute Gasteiger partial charge is 0.409 e. The van der Waals surface area contributed by atoms with Gasteiger partial charge in [0.15, 0.2) is 6.23 Å². The Kier molecular flexibility index (Phi) is 2.29. The first-order chi connectivity index (χ1) is 7.13. The number of fused-ring (bicyclic) bond motifs is 1. The Bertz CT molecular complexity index is 407. The molecule has 1 aliphatic heterocycles. The van der Waals surface area contributed by atoms with Gasteiger partial charge in [-0.25, -0.2) is 4.79 Å². The van der Waals surface area contributed by atoms with E-state index in [4.69, 9.17) is 10.2 Å². The molecule has 2 heterocycles. The van der Waals surface area contributed by atoms with E-state index < -0.39 is 12.3 Å². The molecule has 0 radical (unpaired) electrons. The van der Waals surface area contributed by atoms with Crippen LogP contribution in [0.2, 0.25) is 0 Å². The van der Waals surface area contributed by atoms with Crippen molar-refractivity contribution in [1.29, 1.82) is 0 Å². The number of carbonyl (C=O) groups is 1. The van der Waals surface area contributed by atoms with Gasteiger partial charge in [0.05, 0.1) is 24.5 Å². The summed E-state index contributed by atoms with van der Waals surface area (Å²) in [6.07, 6.45) is -2.42. The fourth-order valence-corrected chi connectivity index (χ4v) is 1.58. The van der Waals surface area contributed by atoms with E-state index in [0.717, 1.165) is 4.90 Å². The summed E-state index contributed by atoms with van der Waals surface area (Å²) in [5.41, 5.74) is 1.39. The predicted molar refractivity (Wildman–Crippen MR) is 48.7 cm³/mol. The molecule has 1 unspecified atom stereocenters. The lowest BCUT2D eigenvalue weighted by Crippen LogP contribution is -2.27. The largest absolute Gasteiger partial charge is 0.465 e. The molecule has 1 aromatic heterocycles. The maximum atomic E-state index is 10.7.